The van der Waals surface area contributed by atoms with E-state index < -0.39 is 6.16 Å². The second-order valence-corrected chi connectivity index (χ2v) is 7.79. The maximum absolute atomic E-state index is 13.1. The molecule has 2 aromatic carbocycles. The van der Waals surface area contributed by atoms with Crippen molar-refractivity contribution >= 4 is 18.0 Å². The Balaban J connectivity index is 1.49. The molecule has 1 saturated heterocycles. The Bertz CT molecular complexity index is 977. The number of rotatable bonds is 8. The number of benzene rings is 2. The molecule has 9 heteroatoms. The first kappa shape index (κ1) is 24.9. The molecule has 0 atom stereocenters. The summed E-state index contributed by atoms with van der Waals surface area (Å²) in [4.78, 5) is 38.7. The summed E-state index contributed by atoms with van der Waals surface area (Å²) in [5.41, 5.74) is 0.890. The molecule has 0 bridgehead atoms. The van der Waals surface area contributed by atoms with Crippen molar-refractivity contribution < 1.29 is 33.3 Å². The van der Waals surface area contributed by atoms with Gasteiger partial charge in [0.1, 0.15) is 22.8 Å². The van der Waals surface area contributed by atoms with E-state index in [-0.39, 0.29) is 24.3 Å². The van der Waals surface area contributed by atoms with E-state index in [1.165, 1.54) is 14.2 Å². The molecule has 0 radical (unpaired) electrons. The molecule has 0 spiro atoms. The van der Waals surface area contributed by atoms with E-state index in [4.69, 9.17) is 18.9 Å². The summed E-state index contributed by atoms with van der Waals surface area (Å²) in [5.74, 6) is 1.20. The first-order valence-corrected chi connectivity index (χ1v) is 11.2. The second kappa shape index (κ2) is 11.9. The van der Waals surface area contributed by atoms with Crippen LogP contribution >= 0.6 is 0 Å². The van der Waals surface area contributed by atoms with Crippen LogP contribution in [0.3, 0.4) is 0 Å². The first-order valence-electron chi connectivity index (χ1n) is 11.2. The zero-order valence-electron chi connectivity index (χ0n) is 19.7. The van der Waals surface area contributed by atoms with Crippen LogP contribution in [-0.4, -0.2) is 63.3 Å². The van der Waals surface area contributed by atoms with E-state index in [0.29, 0.717) is 48.0 Å². The van der Waals surface area contributed by atoms with Crippen LogP contribution in [0.1, 0.15) is 40.5 Å². The maximum Gasteiger partial charge on any atom is 0.513 e. The highest BCUT2D eigenvalue weighted by Gasteiger charge is 2.28. The number of nitrogens with zero attached hydrogens (tertiary/aromatic N) is 1. The van der Waals surface area contributed by atoms with Gasteiger partial charge in [-0.3, -0.25) is 9.59 Å². The van der Waals surface area contributed by atoms with Crippen molar-refractivity contribution in [2.24, 2.45) is 5.92 Å². The predicted octanol–water partition coefficient (Wildman–Crippen LogP) is 3.52. The summed E-state index contributed by atoms with van der Waals surface area (Å²) in [5, 5.41) is 2.95. The fourth-order valence-corrected chi connectivity index (χ4v) is 3.82. The first-order chi connectivity index (χ1) is 16.5. The lowest BCUT2D eigenvalue weighted by molar-refractivity contribution is 0.0677. The molecule has 1 aliphatic heterocycles. The van der Waals surface area contributed by atoms with E-state index in [1.54, 1.807) is 54.3 Å². The summed E-state index contributed by atoms with van der Waals surface area (Å²) in [7, 11) is 3.06. The topological polar surface area (TPSA) is 103 Å². The summed E-state index contributed by atoms with van der Waals surface area (Å²) in [6.07, 6.45) is 0.764. The van der Waals surface area contributed by atoms with Crippen LogP contribution in [-0.2, 0) is 4.74 Å². The molecule has 9 nitrogen and oxygen atoms in total. The van der Waals surface area contributed by atoms with Crippen molar-refractivity contribution in [3.63, 3.8) is 0 Å². The summed E-state index contributed by atoms with van der Waals surface area (Å²) in [6.45, 7) is 3.59. The molecule has 3 rings (SSSR count). The van der Waals surface area contributed by atoms with E-state index in [0.717, 1.165) is 12.8 Å². The van der Waals surface area contributed by atoms with Crippen molar-refractivity contribution in [1.29, 1.82) is 0 Å². The number of hydrogen-bond donors (Lipinski definition) is 1. The van der Waals surface area contributed by atoms with Crippen LogP contribution in [0, 0.1) is 5.92 Å². The molecule has 0 aromatic heterocycles. The molecule has 2 amide bonds. The third-order valence-electron chi connectivity index (χ3n) is 5.67. The average molecular weight is 471 g/mol. The normalized spacial score (nSPS) is 13.7. The van der Waals surface area contributed by atoms with Gasteiger partial charge in [0.05, 0.1) is 20.8 Å². The molecule has 1 heterocycles. The van der Waals surface area contributed by atoms with Crippen molar-refractivity contribution in [2.45, 2.75) is 19.8 Å². The van der Waals surface area contributed by atoms with Gasteiger partial charge in [-0.25, -0.2) is 4.79 Å². The quantitative estimate of drug-likeness (QED) is 0.465. The molecular weight excluding hydrogens is 440 g/mol. The minimum atomic E-state index is -0.784. The minimum Gasteiger partial charge on any atom is -0.496 e. The van der Waals surface area contributed by atoms with Crippen LogP contribution in [0.5, 0.6) is 17.2 Å². The van der Waals surface area contributed by atoms with Gasteiger partial charge in [-0.15, -0.1) is 0 Å². The van der Waals surface area contributed by atoms with E-state index in [9.17, 15) is 14.4 Å². The fourth-order valence-electron chi connectivity index (χ4n) is 3.82. The Kier molecular flexibility index (Phi) is 8.73. The van der Waals surface area contributed by atoms with Gasteiger partial charge in [0.2, 0.25) is 0 Å². The molecule has 2 aromatic rings. The Morgan fingerprint density at radius 2 is 1.59 bits per heavy atom. The molecule has 182 valence electrons. The standard InChI is InChI=1S/C25H30N2O7/c1-4-33-25(30)34-19-10-8-18(9-11-19)23(28)26-16-17-12-14-27(15-13-17)24(29)22-20(31-2)6-5-7-21(22)32-3/h5-11,17H,4,12-16H2,1-3H3,(H,26,28). The molecule has 0 saturated carbocycles. The van der Waals surface area contributed by atoms with Gasteiger partial charge in [0, 0.05) is 25.2 Å². The van der Waals surface area contributed by atoms with Gasteiger partial charge in [-0.05, 0) is 62.1 Å². The van der Waals surface area contributed by atoms with Gasteiger partial charge in [0.25, 0.3) is 11.8 Å². The van der Waals surface area contributed by atoms with Crippen LogP contribution in [0.2, 0.25) is 0 Å². The maximum atomic E-state index is 13.1. The highest BCUT2D eigenvalue weighted by molar-refractivity contribution is 5.99. The van der Waals surface area contributed by atoms with Crippen LogP contribution in [0.25, 0.3) is 0 Å². The van der Waals surface area contributed by atoms with Crippen molar-refractivity contribution in [3.8, 4) is 17.2 Å². The molecule has 0 aliphatic carbocycles. The number of nitrogens with one attached hydrogen (secondary N) is 1. The van der Waals surface area contributed by atoms with Gasteiger partial charge >= 0.3 is 6.16 Å². The summed E-state index contributed by atoms with van der Waals surface area (Å²) < 4.78 is 20.4. The Morgan fingerprint density at radius 1 is 0.971 bits per heavy atom. The molecule has 34 heavy (non-hydrogen) atoms. The zero-order valence-corrected chi connectivity index (χ0v) is 19.7. The number of amides is 2. The minimum absolute atomic E-state index is 0.123. The van der Waals surface area contributed by atoms with Gasteiger partial charge in [0.15, 0.2) is 0 Å². The summed E-state index contributed by atoms with van der Waals surface area (Å²) >= 11 is 0. The molecule has 0 unspecified atom stereocenters. The van der Waals surface area contributed by atoms with E-state index in [1.807, 2.05) is 0 Å². The molecular formula is C25H30N2O7. The summed E-state index contributed by atoms with van der Waals surface area (Å²) in [6, 6.07) is 11.5. The van der Waals surface area contributed by atoms with E-state index in [2.05, 4.69) is 5.32 Å². The Labute approximate surface area is 198 Å². The number of carbonyl (C=O) groups is 3. The third-order valence-corrected chi connectivity index (χ3v) is 5.67. The second-order valence-electron chi connectivity index (χ2n) is 7.79. The lowest BCUT2D eigenvalue weighted by atomic mass is 9.96. The lowest BCUT2D eigenvalue weighted by Crippen LogP contribution is -2.41. The van der Waals surface area contributed by atoms with Crippen LogP contribution < -0.4 is 19.5 Å². The van der Waals surface area contributed by atoms with Crippen molar-refractivity contribution in [3.05, 3.63) is 53.6 Å². The lowest BCUT2D eigenvalue weighted by Gasteiger charge is -2.32. The van der Waals surface area contributed by atoms with E-state index >= 15 is 0 Å². The van der Waals surface area contributed by atoms with Gasteiger partial charge < -0.3 is 29.2 Å². The number of ether oxygens (including phenoxy) is 4. The number of likely N-dealkylation sites (tertiary alicyclic amines) is 1. The monoisotopic (exact) mass is 470 g/mol. The SMILES string of the molecule is CCOC(=O)Oc1ccc(C(=O)NCC2CCN(C(=O)c3c(OC)cccc3OC)CC2)cc1. The zero-order chi connectivity index (χ0) is 24.5. The number of piperidine rings is 1. The highest BCUT2D eigenvalue weighted by atomic mass is 16.7. The smallest absolute Gasteiger partial charge is 0.496 e. The molecule has 1 N–H and O–H groups in total. The Morgan fingerprint density at radius 3 is 2.15 bits per heavy atom. The third kappa shape index (κ3) is 6.18. The molecule has 1 fully saturated rings. The van der Waals surface area contributed by atoms with Crippen molar-refractivity contribution in [2.75, 3.05) is 40.5 Å². The van der Waals surface area contributed by atoms with Crippen LogP contribution in [0.4, 0.5) is 4.79 Å². The fraction of sp³-hybridized carbons (Fsp3) is 0.400. The van der Waals surface area contributed by atoms with Gasteiger partial charge in [-0.2, -0.15) is 0 Å². The predicted molar refractivity (Wildman–Crippen MR) is 125 cm³/mol. The Hall–Kier alpha value is -3.75. The van der Waals surface area contributed by atoms with Gasteiger partial charge in [-0.1, -0.05) is 6.07 Å². The largest absolute Gasteiger partial charge is 0.513 e. The van der Waals surface area contributed by atoms with Crippen molar-refractivity contribution in [1.82, 2.24) is 10.2 Å². The molecule has 1 aliphatic rings. The number of hydrogen-bond acceptors (Lipinski definition) is 7. The highest BCUT2D eigenvalue weighted by Crippen LogP contribution is 2.31. The van der Waals surface area contributed by atoms with Crippen LogP contribution in [0.15, 0.2) is 42.5 Å². The number of methoxy groups -OCH3 is 2. The number of carbonyl (C=O) groups excluding carboxylic acids is 3. The average Bonchev–Trinajstić information content (AvgIpc) is 2.87.